The maximum absolute atomic E-state index is 12.8. The van der Waals surface area contributed by atoms with Crippen molar-refractivity contribution in [3.8, 4) is 11.5 Å². The zero-order valence-electron chi connectivity index (χ0n) is 17.6. The second-order valence-electron chi connectivity index (χ2n) is 6.77. The molecule has 7 nitrogen and oxygen atoms in total. The number of hydrogen-bond acceptors (Lipinski definition) is 7. The monoisotopic (exact) mass is 470 g/mol. The number of carbonyl (C=O) groups excluding carboxylic acids is 3. The van der Waals surface area contributed by atoms with Crippen LogP contribution in [0.3, 0.4) is 0 Å². The average molecular weight is 471 g/mol. The molecular formula is C23H22N2O5S2. The van der Waals surface area contributed by atoms with E-state index in [0.29, 0.717) is 23.2 Å². The number of aromatic hydroxyl groups is 1. The van der Waals surface area contributed by atoms with Crippen molar-refractivity contribution >= 4 is 52.3 Å². The summed E-state index contributed by atoms with van der Waals surface area (Å²) in [6.07, 6.45) is 5.51. The van der Waals surface area contributed by atoms with Gasteiger partial charge in [-0.15, -0.1) is 18.3 Å². The van der Waals surface area contributed by atoms with Crippen LogP contribution >= 0.6 is 23.5 Å². The number of amides is 3. The first-order valence-corrected chi connectivity index (χ1v) is 11.6. The van der Waals surface area contributed by atoms with E-state index in [1.54, 1.807) is 42.1 Å². The van der Waals surface area contributed by atoms with Gasteiger partial charge in [-0.05, 0) is 66.4 Å². The lowest BCUT2D eigenvalue weighted by Crippen LogP contribution is -2.36. The van der Waals surface area contributed by atoms with Crippen LogP contribution in [0, 0.1) is 0 Å². The molecule has 32 heavy (non-hydrogen) atoms. The summed E-state index contributed by atoms with van der Waals surface area (Å²) < 4.78 is 5.19. The second-order valence-corrected chi connectivity index (χ2v) is 8.64. The molecule has 1 aliphatic rings. The molecule has 1 aliphatic heterocycles. The maximum Gasteiger partial charge on any atom is 0.294 e. The molecular weight excluding hydrogens is 448 g/mol. The Morgan fingerprint density at radius 1 is 1.31 bits per heavy atom. The van der Waals surface area contributed by atoms with Gasteiger partial charge in [-0.3, -0.25) is 19.3 Å². The number of thioether (sulfide) groups is 2. The molecule has 2 aromatic carbocycles. The molecule has 2 aromatic rings. The molecule has 9 heteroatoms. The SMILES string of the molecule is C=CCc1cc(/C=C2\SC(=O)N(CC(=O)Nc3cccc(SC)c3)C2=O)cc(OC)c1O. The van der Waals surface area contributed by atoms with Gasteiger partial charge in [-0.25, -0.2) is 0 Å². The van der Waals surface area contributed by atoms with E-state index in [4.69, 9.17) is 4.74 Å². The fraction of sp³-hybridized carbons (Fsp3) is 0.174. The third-order valence-corrected chi connectivity index (χ3v) is 6.22. The van der Waals surface area contributed by atoms with Crippen LogP contribution in [0.1, 0.15) is 11.1 Å². The third-order valence-electron chi connectivity index (χ3n) is 4.59. The first kappa shape index (κ1) is 23.5. The predicted molar refractivity (Wildman–Crippen MR) is 128 cm³/mol. The highest BCUT2D eigenvalue weighted by atomic mass is 32.2. The lowest BCUT2D eigenvalue weighted by Gasteiger charge is -2.13. The van der Waals surface area contributed by atoms with Gasteiger partial charge in [-0.1, -0.05) is 12.1 Å². The molecule has 0 bridgehead atoms. The van der Waals surface area contributed by atoms with Crippen LogP contribution < -0.4 is 10.1 Å². The van der Waals surface area contributed by atoms with E-state index in [-0.39, 0.29) is 22.9 Å². The van der Waals surface area contributed by atoms with Crippen molar-refractivity contribution in [2.75, 3.05) is 25.2 Å². The van der Waals surface area contributed by atoms with E-state index in [1.165, 1.54) is 7.11 Å². The first-order valence-electron chi connectivity index (χ1n) is 9.56. The summed E-state index contributed by atoms with van der Waals surface area (Å²) in [5.74, 6) is -0.766. The summed E-state index contributed by atoms with van der Waals surface area (Å²) in [6, 6.07) is 10.6. The molecule has 0 unspecified atom stereocenters. The standard InChI is InChI=1S/C23H22N2O5S2/c1-4-6-15-9-14(10-18(30-2)21(15)27)11-19-22(28)25(23(29)32-19)13-20(26)24-16-7-5-8-17(12-16)31-3/h4-5,7-12,27H,1,6,13H2,2-3H3,(H,24,26)/b19-11-. The number of benzene rings is 2. The Hall–Kier alpha value is -3.17. The number of carbonyl (C=O) groups is 3. The van der Waals surface area contributed by atoms with Gasteiger partial charge >= 0.3 is 0 Å². The Bertz CT molecular complexity index is 1110. The number of hydrogen-bond donors (Lipinski definition) is 2. The van der Waals surface area contributed by atoms with Gasteiger partial charge in [0.05, 0.1) is 12.0 Å². The minimum absolute atomic E-state index is 0.000122. The molecule has 0 saturated carbocycles. The third kappa shape index (κ3) is 5.35. The summed E-state index contributed by atoms with van der Waals surface area (Å²) in [7, 11) is 1.43. The Balaban J connectivity index is 1.76. The van der Waals surface area contributed by atoms with Gasteiger partial charge in [0.2, 0.25) is 5.91 Å². The molecule has 166 valence electrons. The number of methoxy groups -OCH3 is 1. The van der Waals surface area contributed by atoms with Crippen LogP contribution in [0.5, 0.6) is 11.5 Å². The minimum atomic E-state index is -0.551. The van der Waals surface area contributed by atoms with Gasteiger partial charge in [0.25, 0.3) is 11.1 Å². The van der Waals surface area contributed by atoms with Crippen molar-refractivity contribution in [2.24, 2.45) is 0 Å². The van der Waals surface area contributed by atoms with Crippen LogP contribution in [0.2, 0.25) is 0 Å². The zero-order chi connectivity index (χ0) is 23.3. The highest BCUT2D eigenvalue weighted by molar-refractivity contribution is 8.18. The zero-order valence-corrected chi connectivity index (χ0v) is 19.2. The number of imide groups is 1. The quantitative estimate of drug-likeness (QED) is 0.332. The number of anilines is 1. The van der Waals surface area contributed by atoms with E-state index in [0.717, 1.165) is 21.6 Å². The number of nitrogens with one attached hydrogen (secondary N) is 1. The molecule has 0 aliphatic carbocycles. The first-order chi connectivity index (χ1) is 15.4. The fourth-order valence-electron chi connectivity index (χ4n) is 3.07. The van der Waals surface area contributed by atoms with E-state index in [9.17, 15) is 19.5 Å². The second kappa shape index (κ2) is 10.4. The molecule has 1 heterocycles. The van der Waals surface area contributed by atoms with Gasteiger partial charge in [0.1, 0.15) is 6.54 Å². The molecule has 3 amide bonds. The van der Waals surface area contributed by atoms with Crippen molar-refractivity contribution in [2.45, 2.75) is 11.3 Å². The average Bonchev–Trinajstić information content (AvgIpc) is 3.03. The van der Waals surface area contributed by atoms with Gasteiger partial charge in [-0.2, -0.15) is 0 Å². The highest BCUT2D eigenvalue weighted by Crippen LogP contribution is 2.36. The fourth-order valence-corrected chi connectivity index (χ4v) is 4.37. The summed E-state index contributed by atoms with van der Waals surface area (Å²) in [6.45, 7) is 3.29. The number of rotatable bonds is 8. The highest BCUT2D eigenvalue weighted by Gasteiger charge is 2.36. The van der Waals surface area contributed by atoms with Crippen LogP contribution in [0.4, 0.5) is 10.5 Å². The summed E-state index contributed by atoms with van der Waals surface area (Å²) in [4.78, 5) is 39.7. The van der Waals surface area contributed by atoms with Crippen LogP contribution in [0.25, 0.3) is 6.08 Å². The van der Waals surface area contributed by atoms with Crippen molar-refractivity contribution in [1.29, 1.82) is 0 Å². The molecule has 1 saturated heterocycles. The number of nitrogens with zero attached hydrogens (tertiary/aromatic N) is 1. The van der Waals surface area contributed by atoms with Crippen molar-refractivity contribution in [3.63, 3.8) is 0 Å². The summed E-state index contributed by atoms with van der Waals surface area (Å²) in [5.41, 5.74) is 1.76. The Kier molecular flexibility index (Phi) is 7.66. The van der Waals surface area contributed by atoms with Crippen molar-refractivity contribution < 1.29 is 24.2 Å². The smallest absolute Gasteiger partial charge is 0.294 e. The van der Waals surface area contributed by atoms with E-state index >= 15 is 0 Å². The van der Waals surface area contributed by atoms with Gasteiger partial charge < -0.3 is 15.2 Å². The maximum atomic E-state index is 12.8. The van der Waals surface area contributed by atoms with E-state index in [2.05, 4.69) is 11.9 Å². The predicted octanol–water partition coefficient (Wildman–Crippen LogP) is 4.53. The van der Waals surface area contributed by atoms with Gasteiger partial charge in [0, 0.05) is 16.1 Å². The molecule has 0 spiro atoms. The Morgan fingerprint density at radius 3 is 2.78 bits per heavy atom. The largest absolute Gasteiger partial charge is 0.504 e. The molecule has 0 aromatic heterocycles. The summed E-state index contributed by atoms with van der Waals surface area (Å²) >= 11 is 2.30. The Morgan fingerprint density at radius 2 is 2.09 bits per heavy atom. The van der Waals surface area contributed by atoms with Crippen LogP contribution in [-0.4, -0.2) is 47.0 Å². The van der Waals surface area contributed by atoms with E-state index in [1.807, 2.05) is 24.5 Å². The summed E-state index contributed by atoms with van der Waals surface area (Å²) in [5, 5.41) is 12.4. The number of phenolic OH excluding ortho intramolecular Hbond substituents is 1. The molecule has 0 radical (unpaired) electrons. The molecule has 2 N–H and O–H groups in total. The minimum Gasteiger partial charge on any atom is -0.504 e. The number of allylic oxidation sites excluding steroid dienone is 1. The number of phenols is 1. The topological polar surface area (TPSA) is 95.9 Å². The number of ether oxygens (including phenoxy) is 1. The Labute approximate surface area is 194 Å². The van der Waals surface area contributed by atoms with Crippen LogP contribution in [-0.2, 0) is 16.0 Å². The normalized spacial score (nSPS) is 14.7. The van der Waals surface area contributed by atoms with Crippen molar-refractivity contribution in [3.05, 3.63) is 65.1 Å². The van der Waals surface area contributed by atoms with Gasteiger partial charge in [0.15, 0.2) is 11.5 Å². The van der Waals surface area contributed by atoms with Crippen molar-refractivity contribution in [1.82, 2.24) is 4.90 Å². The molecule has 1 fully saturated rings. The van der Waals surface area contributed by atoms with E-state index < -0.39 is 17.1 Å². The molecule has 3 rings (SSSR count). The van der Waals surface area contributed by atoms with Crippen LogP contribution in [0.15, 0.2) is 58.9 Å². The lowest BCUT2D eigenvalue weighted by atomic mass is 10.1. The lowest BCUT2D eigenvalue weighted by molar-refractivity contribution is -0.127. The molecule has 0 atom stereocenters.